The van der Waals surface area contributed by atoms with Crippen LogP contribution in [0.25, 0.3) is 5.69 Å². The minimum absolute atomic E-state index is 0.0664. The largest absolute Gasteiger partial charge is 0.494 e. The molecule has 5 nitrogen and oxygen atoms in total. The van der Waals surface area contributed by atoms with Crippen LogP contribution >= 0.6 is 11.6 Å². The zero-order valence-corrected chi connectivity index (χ0v) is 15.8. The molecule has 27 heavy (non-hydrogen) atoms. The van der Waals surface area contributed by atoms with Crippen LogP contribution in [-0.2, 0) is 13.0 Å². The fraction of sp³-hybridized carbons (Fsp3) is 0.238. The lowest BCUT2D eigenvalue weighted by molar-refractivity contribution is 0.0728. The van der Waals surface area contributed by atoms with Crippen LogP contribution in [-0.4, -0.2) is 33.7 Å². The van der Waals surface area contributed by atoms with Crippen molar-refractivity contribution in [2.45, 2.75) is 19.9 Å². The summed E-state index contributed by atoms with van der Waals surface area (Å²) in [5, 5.41) is 5.07. The van der Waals surface area contributed by atoms with Gasteiger partial charge >= 0.3 is 0 Å². The molecule has 6 heteroatoms. The molecule has 0 spiro atoms. The van der Waals surface area contributed by atoms with Crippen molar-refractivity contribution >= 4 is 17.5 Å². The molecule has 0 saturated heterocycles. The van der Waals surface area contributed by atoms with E-state index in [0.29, 0.717) is 30.4 Å². The number of amides is 1. The number of hydrogen-bond acceptors (Lipinski definition) is 3. The zero-order valence-electron chi connectivity index (χ0n) is 15.1. The average molecular weight is 382 g/mol. The highest BCUT2D eigenvalue weighted by Gasteiger charge is 2.24. The van der Waals surface area contributed by atoms with Gasteiger partial charge in [0, 0.05) is 24.3 Å². The van der Waals surface area contributed by atoms with Gasteiger partial charge in [0.25, 0.3) is 5.91 Å². The third-order valence-corrected chi connectivity index (χ3v) is 4.90. The standard InChI is InChI=1S/C21H20ClN3O2/c1-2-27-19-7-6-15-8-10-24(14-16(15)12-19)21(26)20-9-11-25(23-20)18-5-3-4-17(22)13-18/h3-7,9,11-13H,2,8,10,14H2,1H3. The summed E-state index contributed by atoms with van der Waals surface area (Å²) < 4.78 is 7.26. The van der Waals surface area contributed by atoms with Crippen molar-refractivity contribution in [2.75, 3.05) is 13.2 Å². The Bertz CT molecular complexity index is 983. The summed E-state index contributed by atoms with van der Waals surface area (Å²) in [7, 11) is 0. The molecule has 0 aliphatic carbocycles. The lowest BCUT2D eigenvalue weighted by atomic mass is 9.99. The molecule has 138 valence electrons. The molecule has 0 bridgehead atoms. The first kappa shape index (κ1) is 17.6. The number of hydrogen-bond donors (Lipinski definition) is 0. The van der Waals surface area contributed by atoms with E-state index in [2.05, 4.69) is 11.2 Å². The number of ether oxygens (including phenoxy) is 1. The first-order valence-electron chi connectivity index (χ1n) is 8.99. The summed E-state index contributed by atoms with van der Waals surface area (Å²) in [6.45, 7) is 3.84. The minimum Gasteiger partial charge on any atom is -0.494 e. The second kappa shape index (κ2) is 7.45. The van der Waals surface area contributed by atoms with Gasteiger partial charge in [-0.2, -0.15) is 5.10 Å². The summed E-state index contributed by atoms with van der Waals surface area (Å²) in [5.74, 6) is 0.777. The molecular weight excluding hydrogens is 362 g/mol. The van der Waals surface area contributed by atoms with Gasteiger partial charge in [-0.3, -0.25) is 4.79 Å². The van der Waals surface area contributed by atoms with Gasteiger partial charge < -0.3 is 9.64 Å². The van der Waals surface area contributed by atoms with E-state index < -0.39 is 0 Å². The Morgan fingerprint density at radius 1 is 1.19 bits per heavy atom. The number of fused-ring (bicyclic) bond motifs is 1. The van der Waals surface area contributed by atoms with Gasteiger partial charge in [0.15, 0.2) is 5.69 Å². The summed E-state index contributed by atoms with van der Waals surface area (Å²) in [6.07, 6.45) is 2.62. The van der Waals surface area contributed by atoms with Crippen molar-refractivity contribution < 1.29 is 9.53 Å². The summed E-state index contributed by atoms with van der Waals surface area (Å²) in [6, 6.07) is 15.2. The number of carbonyl (C=O) groups is 1. The molecule has 4 rings (SSSR count). The van der Waals surface area contributed by atoms with Crippen LogP contribution in [0.2, 0.25) is 5.02 Å². The molecule has 0 N–H and O–H groups in total. The number of aromatic nitrogens is 2. The van der Waals surface area contributed by atoms with Gasteiger partial charge in [-0.15, -0.1) is 0 Å². The van der Waals surface area contributed by atoms with Gasteiger partial charge in [-0.05, 0) is 60.9 Å². The second-order valence-corrected chi connectivity index (χ2v) is 6.90. The molecule has 3 aromatic rings. The SMILES string of the molecule is CCOc1ccc2c(c1)CN(C(=O)c1ccn(-c3cccc(Cl)c3)n1)CC2. The van der Waals surface area contributed by atoms with Crippen molar-refractivity contribution in [2.24, 2.45) is 0 Å². The molecule has 0 fully saturated rings. The Balaban J connectivity index is 1.53. The Morgan fingerprint density at radius 3 is 2.89 bits per heavy atom. The smallest absolute Gasteiger partial charge is 0.274 e. The first-order valence-corrected chi connectivity index (χ1v) is 9.37. The van der Waals surface area contributed by atoms with Crippen molar-refractivity contribution in [3.63, 3.8) is 0 Å². The normalized spacial score (nSPS) is 13.3. The highest BCUT2D eigenvalue weighted by atomic mass is 35.5. The first-order chi connectivity index (χ1) is 13.1. The lowest BCUT2D eigenvalue weighted by Crippen LogP contribution is -2.36. The molecule has 1 aromatic heterocycles. The molecule has 0 radical (unpaired) electrons. The van der Waals surface area contributed by atoms with Crippen molar-refractivity contribution in [3.8, 4) is 11.4 Å². The third-order valence-electron chi connectivity index (χ3n) is 4.67. The molecular formula is C21H20ClN3O2. The molecule has 1 amide bonds. The highest BCUT2D eigenvalue weighted by Crippen LogP contribution is 2.25. The molecule has 2 heterocycles. The van der Waals surface area contributed by atoms with Crippen molar-refractivity contribution in [3.05, 3.63) is 76.6 Å². The van der Waals surface area contributed by atoms with Crippen LogP contribution in [0.5, 0.6) is 5.75 Å². The predicted octanol–water partition coefficient (Wildman–Crippen LogP) is 4.12. The Morgan fingerprint density at radius 2 is 2.07 bits per heavy atom. The number of halogens is 1. The van der Waals surface area contributed by atoms with Crippen molar-refractivity contribution in [1.29, 1.82) is 0 Å². The highest BCUT2D eigenvalue weighted by molar-refractivity contribution is 6.30. The average Bonchev–Trinajstić information content (AvgIpc) is 3.17. The molecule has 0 atom stereocenters. The van der Waals surface area contributed by atoms with E-state index in [0.717, 1.165) is 23.4 Å². The van der Waals surface area contributed by atoms with E-state index >= 15 is 0 Å². The van der Waals surface area contributed by atoms with E-state index in [-0.39, 0.29) is 5.91 Å². The maximum atomic E-state index is 12.9. The summed E-state index contributed by atoms with van der Waals surface area (Å²) >= 11 is 6.04. The number of benzene rings is 2. The Hall–Kier alpha value is -2.79. The third kappa shape index (κ3) is 3.69. The van der Waals surface area contributed by atoms with Gasteiger partial charge in [0.05, 0.1) is 12.3 Å². The summed E-state index contributed by atoms with van der Waals surface area (Å²) in [4.78, 5) is 14.8. The molecule has 0 unspecified atom stereocenters. The molecule has 2 aromatic carbocycles. The van der Waals surface area contributed by atoms with E-state index in [1.807, 2.05) is 48.2 Å². The van der Waals surface area contributed by atoms with E-state index in [1.165, 1.54) is 5.56 Å². The van der Waals surface area contributed by atoms with Crippen LogP contribution in [0.4, 0.5) is 0 Å². The molecule has 1 aliphatic rings. The van der Waals surface area contributed by atoms with E-state index in [4.69, 9.17) is 16.3 Å². The maximum absolute atomic E-state index is 12.9. The zero-order chi connectivity index (χ0) is 18.8. The van der Waals surface area contributed by atoms with Crippen LogP contribution < -0.4 is 4.74 Å². The predicted molar refractivity (Wildman–Crippen MR) is 105 cm³/mol. The minimum atomic E-state index is -0.0664. The monoisotopic (exact) mass is 381 g/mol. The fourth-order valence-corrected chi connectivity index (χ4v) is 3.51. The Kier molecular flexibility index (Phi) is 4.86. The van der Waals surface area contributed by atoms with Crippen LogP contribution in [0.15, 0.2) is 54.7 Å². The van der Waals surface area contributed by atoms with Gasteiger partial charge in [0.2, 0.25) is 0 Å². The maximum Gasteiger partial charge on any atom is 0.274 e. The second-order valence-electron chi connectivity index (χ2n) is 6.47. The van der Waals surface area contributed by atoms with E-state index in [9.17, 15) is 4.79 Å². The van der Waals surface area contributed by atoms with Gasteiger partial charge in [0.1, 0.15) is 5.75 Å². The Labute approximate surface area is 163 Å². The fourth-order valence-electron chi connectivity index (χ4n) is 3.33. The van der Waals surface area contributed by atoms with Crippen LogP contribution in [0.3, 0.4) is 0 Å². The van der Waals surface area contributed by atoms with Crippen LogP contribution in [0.1, 0.15) is 28.5 Å². The number of carbonyl (C=O) groups excluding carboxylic acids is 1. The quantitative estimate of drug-likeness (QED) is 0.682. The summed E-state index contributed by atoms with van der Waals surface area (Å²) in [5.41, 5.74) is 3.66. The molecule has 1 aliphatic heterocycles. The van der Waals surface area contributed by atoms with Gasteiger partial charge in [-0.25, -0.2) is 4.68 Å². The van der Waals surface area contributed by atoms with Crippen LogP contribution in [0, 0.1) is 0 Å². The lowest BCUT2D eigenvalue weighted by Gasteiger charge is -2.28. The van der Waals surface area contributed by atoms with Crippen molar-refractivity contribution in [1.82, 2.24) is 14.7 Å². The number of rotatable bonds is 4. The molecule has 0 saturated carbocycles. The topological polar surface area (TPSA) is 47.4 Å². The van der Waals surface area contributed by atoms with E-state index in [1.54, 1.807) is 16.9 Å². The number of nitrogens with zero attached hydrogens (tertiary/aromatic N) is 3. The van der Waals surface area contributed by atoms with Gasteiger partial charge in [-0.1, -0.05) is 23.7 Å².